The molecule has 0 aliphatic rings. The Morgan fingerprint density at radius 2 is 2.28 bits per heavy atom. The van der Waals surface area contributed by atoms with Gasteiger partial charge in [-0.3, -0.25) is 4.79 Å². The van der Waals surface area contributed by atoms with E-state index in [1.165, 1.54) is 6.20 Å². The summed E-state index contributed by atoms with van der Waals surface area (Å²) in [4.78, 5) is 26.8. The van der Waals surface area contributed by atoms with Gasteiger partial charge >= 0.3 is 5.97 Å². The third-order valence-electron chi connectivity index (χ3n) is 2.18. The van der Waals surface area contributed by atoms with E-state index in [1.807, 2.05) is 0 Å². The molecular weight excluding hydrogens is 258 g/mol. The van der Waals surface area contributed by atoms with Crippen LogP contribution in [0.25, 0.3) is 0 Å². The highest BCUT2D eigenvalue weighted by Gasteiger charge is 2.24. The van der Waals surface area contributed by atoms with Crippen molar-refractivity contribution < 1.29 is 14.3 Å². The molecule has 7 heteroatoms. The van der Waals surface area contributed by atoms with Crippen LogP contribution in [0.5, 0.6) is 0 Å². The summed E-state index contributed by atoms with van der Waals surface area (Å²) in [5.74, 6) is -1.47. The lowest BCUT2D eigenvalue weighted by atomic mass is 10.2. The number of rotatable bonds is 4. The van der Waals surface area contributed by atoms with Gasteiger partial charge in [-0.2, -0.15) is 0 Å². The largest absolute Gasteiger partial charge is 0.464 e. The molecule has 0 bridgehead atoms. The molecule has 0 saturated carbocycles. The first-order chi connectivity index (χ1) is 8.47. The fourth-order valence-corrected chi connectivity index (χ4v) is 1.47. The maximum atomic E-state index is 11.7. The third kappa shape index (κ3) is 3.41. The molecule has 1 rings (SSSR count). The van der Waals surface area contributed by atoms with Crippen molar-refractivity contribution in [1.82, 2.24) is 4.98 Å². The summed E-state index contributed by atoms with van der Waals surface area (Å²) in [6, 6.07) is 0.290. The zero-order valence-corrected chi connectivity index (χ0v) is 10.8. The summed E-state index contributed by atoms with van der Waals surface area (Å²) in [7, 11) is 0. The second kappa shape index (κ2) is 6.32. The predicted molar refractivity (Wildman–Crippen MR) is 67.2 cm³/mol. The highest BCUT2D eigenvalue weighted by Crippen LogP contribution is 2.22. The van der Waals surface area contributed by atoms with E-state index in [0.717, 1.165) is 5.56 Å². The van der Waals surface area contributed by atoms with E-state index in [1.54, 1.807) is 19.9 Å². The number of halogens is 1. The minimum Gasteiger partial charge on any atom is -0.464 e. The van der Waals surface area contributed by atoms with Gasteiger partial charge in [-0.1, -0.05) is 11.6 Å². The second-order valence-electron chi connectivity index (χ2n) is 3.51. The molecular formula is C11H14ClN3O3. The van der Waals surface area contributed by atoms with Gasteiger partial charge in [0, 0.05) is 6.20 Å². The molecule has 0 aliphatic heterocycles. The van der Waals surface area contributed by atoms with E-state index in [9.17, 15) is 9.59 Å². The highest BCUT2D eigenvalue weighted by atomic mass is 35.5. The van der Waals surface area contributed by atoms with Crippen LogP contribution in [0.15, 0.2) is 12.3 Å². The molecule has 1 aromatic rings. The zero-order valence-electron chi connectivity index (χ0n) is 10.1. The van der Waals surface area contributed by atoms with Crippen LogP contribution in [-0.4, -0.2) is 29.5 Å². The quantitative estimate of drug-likeness (QED) is 0.481. The first-order valence-electron chi connectivity index (χ1n) is 5.31. The fraction of sp³-hybridized carbons (Fsp3) is 0.364. The molecule has 0 radical (unpaired) electrons. The van der Waals surface area contributed by atoms with E-state index >= 15 is 0 Å². The van der Waals surface area contributed by atoms with Crippen molar-refractivity contribution in [1.29, 1.82) is 0 Å². The van der Waals surface area contributed by atoms with Crippen molar-refractivity contribution in [2.45, 2.75) is 19.9 Å². The number of ether oxygens (including phenoxy) is 1. The maximum absolute atomic E-state index is 11.7. The number of anilines is 1. The normalized spacial score (nSPS) is 11.8. The molecule has 1 amide bonds. The number of nitrogens with one attached hydrogen (secondary N) is 1. The molecule has 98 valence electrons. The number of nitrogens with zero attached hydrogens (tertiary/aromatic N) is 1. The van der Waals surface area contributed by atoms with E-state index in [-0.39, 0.29) is 11.8 Å². The van der Waals surface area contributed by atoms with Gasteiger partial charge in [-0.05, 0) is 25.5 Å². The second-order valence-corrected chi connectivity index (χ2v) is 3.87. The summed E-state index contributed by atoms with van der Waals surface area (Å²) >= 11 is 5.84. The molecule has 18 heavy (non-hydrogen) atoms. The van der Waals surface area contributed by atoms with Crippen molar-refractivity contribution in [2.24, 2.45) is 5.73 Å². The number of amides is 1. The minimum atomic E-state index is -1.39. The molecule has 0 fully saturated rings. The number of aromatic nitrogens is 1. The standard InChI is InChI=1S/C11H14ClN3O3/c1-3-18-11(17)7(13)10(16)15-8-6(2)4-5-14-9(8)12/h4-5,7H,3,13H2,1-2H3,(H,15,16). The molecule has 1 unspecified atom stereocenters. The molecule has 1 heterocycles. The van der Waals surface area contributed by atoms with E-state index < -0.39 is 17.9 Å². The number of carbonyl (C=O) groups is 2. The number of nitrogens with two attached hydrogens (primary N) is 1. The highest BCUT2D eigenvalue weighted by molar-refractivity contribution is 6.32. The van der Waals surface area contributed by atoms with Crippen molar-refractivity contribution in [3.8, 4) is 0 Å². The van der Waals surface area contributed by atoms with Crippen molar-refractivity contribution in [3.63, 3.8) is 0 Å². The zero-order chi connectivity index (χ0) is 13.7. The van der Waals surface area contributed by atoms with Crippen LogP contribution in [0, 0.1) is 6.92 Å². The Morgan fingerprint density at radius 3 is 2.83 bits per heavy atom. The fourth-order valence-electron chi connectivity index (χ4n) is 1.22. The number of aryl methyl sites for hydroxylation is 1. The molecule has 3 N–H and O–H groups in total. The molecule has 6 nitrogen and oxygen atoms in total. The molecule has 1 aromatic heterocycles. The predicted octanol–water partition coefficient (Wildman–Crippen LogP) is 0.872. The number of esters is 1. The molecule has 0 aromatic carbocycles. The lowest BCUT2D eigenvalue weighted by molar-refractivity contribution is -0.146. The Morgan fingerprint density at radius 1 is 1.61 bits per heavy atom. The summed E-state index contributed by atoms with van der Waals surface area (Å²) < 4.78 is 4.65. The number of pyridine rings is 1. The Balaban J connectivity index is 2.79. The Labute approximate surface area is 109 Å². The van der Waals surface area contributed by atoms with Crippen LogP contribution < -0.4 is 11.1 Å². The number of hydrogen-bond acceptors (Lipinski definition) is 5. The number of hydrogen-bond donors (Lipinski definition) is 2. The summed E-state index contributed by atoms with van der Waals surface area (Å²) in [6.45, 7) is 3.54. The smallest absolute Gasteiger partial charge is 0.332 e. The van der Waals surface area contributed by atoms with Gasteiger partial charge in [0.1, 0.15) is 0 Å². The monoisotopic (exact) mass is 271 g/mol. The van der Waals surface area contributed by atoms with E-state index in [4.69, 9.17) is 17.3 Å². The first-order valence-corrected chi connectivity index (χ1v) is 5.69. The third-order valence-corrected chi connectivity index (χ3v) is 2.47. The van der Waals surface area contributed by atoms with E-state index in [2.05, 4.69) is 15.0 Å². The van der Waals surface area contributed by atoms with Gasteiger partial charge in [0.25, 0.3) is 5.91 Å². The number of carbonyl (C=O) groups excluding carboxylic acids is 2. The summed E-state index contributed by atoms with van der Waals surface area (Å²) in [5, 5.41) is 2.60. The van der Waals surface area contributed by atoms with Gasteiger partial charge in [0.2, 0.25) is 0 Å². The summed E-state index contributed by atoms with van der Waals surface area (Å²) in [5.41, 5.74) is 6.50. The van der Waals surface area contributed by atoms with Crippen molar-refractivity contribution in [3.05, 3.63) is 23.0 Å². The van der Waals surface area contributed by atoms with Crippen molar-refractivity contribution >= 4 is 29.2 Å². The van der Waals surface area contributed by atoms with Gasteiger partial charge in [-0.25, -0.2) is 9.78 Å². The van der Waals surface area contributed by atoms with Gasteiger partial charge in [0.15, 0.2) is 11.2 Å². The molecule has 0 saturated heterocycles. The lowest BCUT2D eigenvalue weighted by Gasteiger charge is -2.13. The maximum Gasteiger partial charge on any atom is 0.332 e. The van der Waals surface area contributed by atoms with Crippen LogP contribution in [0.1, 0.15) is 12.5 Å². The average molecular weight is 272 g/mol. The van der Waals surface area contributed by atoms with Gasteiger partial charge in [-0.15, -0.1) is 0 Å². The molecule has 1 atom stereocenters. The summed E-state index contributed by atoms with van der Waals surface area (Å²) in [6.07, 6.45) is 1.51. The van der Waals surface area contributed by atoms with Gasteiger partial charge in [0.05, 0.1) is 12.3 Å². The first kappa shape index (κ1) is 14.4. The average Bonchev–Trinajstić information content (AvgIpc) is 2.33. The van der Waals surface area contributed by atoms with Crippen LogP contribution in [0.3, 0.4) is 0 Å². The molecule has 0 spiro atoms. The Hall–Kier alpha value is -1.66. The Bertz CT molecular complexity index is 445. The van der Waals surface area contributed by atoms with Gasteiger partial charge < -0.3 is 15.8 Å². The SMILES string of the molecule is CCOC(=O)C(N)C(=O)Nc1c(C)ccnc1Cl. The minimum absolute atomic E-state index is 0.138. The van der Waals surface area contributed by atoms with Crippen LogP contribution in [-0.2, 0) is 14.3 Å². The van der Waals surface area contributed by atoms with Crippen LogP contribution in [0.2, 0.25) is 5.15 Å². The van der Waals surface area contributed by atoms with Crippen LogP contribution >= 0.6 is 11.6 Å². The van der Waals surface area contributed by atoms with E-state index in [0.29, 0.717) is 5.69 Å². The lowest BCUT2D eigenvalue weighted by Crippen LogP contribution is -2.43. The van der Waals surface area contributed by atoms with Crippen molar-refractivity contribution in [2.75, 3.05) is 11.9 Å². The molecule has 0 aliphatic carbocycles. The topological polar surface area (TPSA) is 94.3 Å². The Kier molecular flexibility index (Phi) is 5.06. The van der Waals surface area contributed by atoms with Crippen LogP contribution in [0.4, 0.5) is 5.69 Å².